The van der Waals surface area contributed by atoms with Crippen molar-refractivity contribution in [3.63, 3.8) is 0 Å². The summed E-state index contributed by atoms with van der Waals surface area (Å²) in [5, 5.41) is 66.3. The maximum atomic E-state index is 13.3. The molecular weight excluding hydrogens is 522 g/mol. The summed E-state index contributed by atoms with van der Waals surface area (Å²) in [4.78, 5) is 13.3. The van der Waals surface area contributed by atoms with Gasteiger partial charge in [-0.1, -0.05) is 18.1 Å². The van der Waals surface area contributed by atoms with Crippen molar-refractivity contribution >= 4 is 16.6 Å². The number of phenols is 1. The fourth-order valence-corrected chi connectivity index (χ4v) is 5.95. The fraction of sp³-hybridized carbons (Fsp3) is 0.483. The predicted molar refractivity (Wildman–Crippen MR) is 142 cm³/mol. The molecule has 0 saturated carbocycles. The van der Waals surface area contributed by atoms with Gasteiger partial charge in [-0.3, -0.25) is 4.79 Å². The van der Waals surface area contributed by atoms with E-state index in [1.807, 2.05) is 0 Å². The number of ether oxygens (including phenoxy) is 3. The van der Waals surface area contributed by atoms with Crippen molar-refractivity contribution < 1.29 is 49.6 Å². The molecule has 8 atom stereocenters. The highest BCUT2D eigenvalue weighted by Gasteiger charge is 2.56. The number of carbonyl (C=O) groups excluding carboxylic acids is 1. The summed E-state index contributed by atoms with van der Waals surface area (Å²) in [6.45, 7) is 1.18. The number of fused-ring (bicyclic) bond motifs is 5. The van der Waals surface area contributed by atoms with Crippen molar-refractivity contribution in [2.45, 2.75) is 75.1 Å². The van der Waals surface area contributed by atoms with Crippen molar-refractivity contribution in [2.75, 3.05) is 7.11 Å². The van der Waals surface area contributed by atoms with Crippen LogP contribution in [-0.4, -0.2) is 85.9 Å². The van der Waals surface area contributed by atoms with E-state index < -0.39 is 66.4 Å². The quantitative estimate of drug-likeness (QED) is 0.197. The Balaban J connectivity index is 1.75. The first-order valence-corrected chi connectivity index (χ1v) is 13.0. The molecule has 5 rings (SSSR count). The minimum atomic E-state index is -1.86. The number of aryl methyl sites for hydroxylation is 1. The molecule has 11 nitrogen and oxygen atoms in total. The van der Waals surface area contributed by atoms with Gasteiger partial charge in [0.05, 0.1) is 31.1 Å². The molecule has 214 valence electrons. The third kappa shape index (κ3) is 4.52. The summed E-state index contributed by atoms with van der Waals surface area (Å²) < 4.78 is 17.4. The molecule has 11 heteroatoms. The number of Topliss-reactive ketones (excluding diaryl/α,β-unsaturated/α-hetero) is 1. The monoisotopic (exact) mass is 555 g/mol. The van der Waals surface area contributed by atoms with Crippen LogP contribution in [0.15, 0.2) is 24.3 Å². The number of methoxy groups -OCH3 is 1. The number of hydrogen-bond acceptors (Lipinski definition) is 11. The number of aliphatic hydroxyl groups is 5. The Morgan fingerprint density at radius 3 is 2.62 bits per heavy atom. The van der Waals surface area contributed by atoms with Crippen LogP contribution in [0.1, 0.15) is 40.7 Å². The molecule has 2 aromatic carbocycles. The summed E-state index contributed by atoms with van der Waals surface area (Å²) in [5.41, 5.74) is 5.00. The van der Waals surface area contributed by atoms with E-state index in [1.165, 1.54) is 19.3 Å². The van der Waals surface area contributed by atoms with Crippen LogP contribution < -0.4 is 15.2 Å². The minimum Gasteiger partial charge on any atom is -0.506 e. The van der Waals surface area contributed by atoms with E-state index in [0.29, 0.717) is 16.5 Å². The first-order valence-electron chi connectivity index (χ1n) is 13.0. The molecule has 2 heterocycles. The Morgan fingerprint density at radius 2 is 1.93 bits per heavy atom. The third-order valence-electron chi connectivity index (χ3n) is 8.10. The molecule has 2 aliphatic heterocycles. The summed E-state index contributed by atoms with van der Waals surface area (Å²) in [6.07, 6.45) is -5.27. The molecule has 0 spiro atoms. The van der Waals surface area contributed by atoms with Crippen LogP contribution in [0.25, 0.3) is 10.8 Å². The second-order valence-electron chi connectivity index (χ2n) is 10.6. The molecule has 1 aliphatic carbocycles. The van der Waals surface area contributed by atoms with Crippen LogP contribution >= 0.6 is 0 Å². The summed E-state index contributed by atoms with van der Waals surface area (Å²) in [5.74, 6) is 4.28. The summed E-state index contributed by atoms with van der Waals surface area (Å²) >= 11 is 0. The van der Waals surface area contributed by atoms with E-state index in [0.717, 1.165) is 0 Å². The van der Waals surface area contributed by atoms with Gasteiger partial charge in [-0.25, -0.2) is 0 Å². The lowest BCUT2D eigenvalue weighted by Gasteiger charge is -2.49. The first-order chi connectivity index (χ1) is 19.0. The number of ketones is 1. The van der Waals surface area contributed by atoms with Crippen LogP contribution in [0.5, 0.6) is 17.2 Å². The van der Waals surface area contributed by atoms with Gasteiger partial charge in [-0.15, -0.1) is 5.92 Å². The number of rotatable bonds is 2. The zero-order valence-corrected chi connectivity index (χ0v) is 22.1. The van der Waals surface area contributed by atoms with Crippen molar-refractivity contribution in [2.24, 2.45) is 11.7 Å². The normalized spacial score (nSPS) is 33.8. The topological polar surface area (TPSA) is 192 Å². The van der Waals surface area contributed by atoms with Gasteiger partial charge in [0.1, 0.15) is 47.3 Å². The highest BCUT2D eigenvalue weighted by atomic mass is 16.7. The Bertz CT molecular complexity index is 1430. The number of aromatic hydroxyl groups is 1. The molecule has 40 heavy (non-hydrogen) atoms. The fourth-order valence-electron chi connectivity index (χ4n) is 5.95. The molecule has 0 aromatic heterocycles. The zero-order valence-electron chi connectivity index (χ0n) is 22.1. The maximum absolute atomic E-state index is 13.3. The molecule has 8 N–H and O–H groups in total. The number of aliphatic hydroxyl groups excluding tert-OH is 4. The van der Waals surface area contributed by atoms with Crippen LogP contribution in [0.3, 0.4) is 0 Å². The number of hydrogen-bond donors (Lipinski definition) is 7. The lowest BCUT2D eigenvalue weighted by Crippen LogP contribution is -2.67. The van der Waals surface area contributed by atoms with Gasteiger partial charge in [0.25, 0.3) is 0 Å². The van der Waals surface area contributed by atoms with E-state index in [-0.39, 0.29) is 41.7 Å². The molecule has 1 saturated heterocycles. The van der Waals surface area contributed by atoms with Crippen LogP contribution in [0, 0.1) is 24.7 Å². The Labute approximate surface area is 230 Å². The average molecular weight is 556 g/mol. The molecule has 3 aliphatic rings. The van der Waals surface area contributed by atoms with E-state index >= 15 is 0 Å². The summed E-state index contributed by atoms with van der Waals surface area (Å²) in [6, 6.07) is 2.55. The van der Waals surface area contributed by atoms with Gasteiger partial charge < -0.3 is 50.6 Å². The Morgan fingerprint density at radius 1 is 1.18 bits per heavy atom. The van der Waals surface area contributed by atoms with Crippen molar-refractivity contribution in [1.82, 2.24) is 0 Å². The summed E-state index contributed by atoms with van der Waals surface area (Å²) in [7, 11) is 1.38. The van der Waals surface area contributed by atoms with E-state index in [2.05, 4.69) is 11.8 Å². The van der Waals surface area contributed by atoms with Gasteiger partial charge in [0.2, 0.25) is 6.29 Å². The van der Waals surface area contributed by atoms with Crippen molar-refractivity contribution in [1.29, 1.82) is 0 Å². The molecular formula is C29H33NO10. The second-order valence-corrected chi connectivity index (χ2v) is 10.6. The lowest BCUT2D eigenvalue weighted by atomic mass is 9.70. The van der Waals surface area contributed by atoms with E-state index in [1.54, 1.807) is 19.1 Å². The second kappa shape index (κ2) is 10.6. The SMILES string of the molecule is COc1cc2c3c(O)c(c(C)cc3c1CO)C(=O)CC#CC[C@H]1C[C@@H](N)C=C[C@@]1(O)[C@@H]1O[C@H](O2)[C@H](O)[C@@H](O)[C@@H]1O. The smallest absolute Gasteiger partial charge is 0.229 e. The number of benzene rings is 2. The van der Waals surface area contributed by atoms with Gasteiger partial charge in [-0.2, -0.15) is 0 Å². The van der Waals surface area contributed by atoms with Gasteiger partial charge in [-0.05, 0) is 30.4 Å². The number of nitrogens with two attached hydrogens (primary N) is 1. The minimum absolute atomic E-state index is 0.00755. The first kappa shape index (κ1) is 28.3. The molecule has 2 aromatic rings. The van der Waals surface area contributed by atoms with E-state index in [9.17, 15) is 35.4 Å². The molecule has 1 fully saturated rings. The van der Waals surface area contributed by atoms with Crippen LogP contribution in [0.4, 0.5) is 0 Å². The Hall–Kier alpha value is -3.21. The predicted octanol–water partition coefficient (Wildman–Crippen LogP) is 0.156. The van der Waals surface area contributed by atoms with Crippen molar-refractivity contribution in [3.8, 4) is 29.1 Å². The largest absolute Gasteiger partial charge is 0.506 e. The lowest BCUT2D eigenvalue weighted by molar-refractivity contribution is -0.304. The average Bonchev–Trinajstić information content (AvgIpc) is 2.92. The van der Waals surface area contributed by atoms with E-state index in [4.69, 9.17) is 19.9 Å². The Kier molecular flexibility index (Phi) is 7.54. The number of carbonyl (C=O) groups is 1. The molecule has 0 amide bonds. The highest BCUT2D eigenvalue weighted by molar-refractivity contribution is 6.09. The van der Waals surface area contributed by atoms with Gasteiger partial charge >= 0.3 is 0 Å². The molecule has 4 bridgehead atoms. The third-order valence-corrected chi connectivity index (χ3v) is 8.10. The number of phenolic OH excluding ortho intramolecular Hbond substituents is 1. The van der Waals surface area contributed by atoms with Gasteiger partial charge in [0, 0.05) is 30.0 Å². The molecule has 0 radical (unpaired) electrons. The van der Waals surface area contributed by atoms with Gasteiger partial charge in [0.15, 0.2) is 5.78 Å². The highest BCUT2D eigenvalue weighted by Crippen LogP contribution is 2.46. The zero-order chi connectivity index (χ0) is 28.9. The van der Waals surface area contributed by atoms with Crippen molar-refractivity contribution in [3.05, 3.63) is 41.0 Å². The molecule has 0 unspecified atom stereocenters. The van der Waals surface area contributed by atoms with Crippen LogP contribution in [-0.2, 0) is 11.3 Å². The standard InChI is InChI=1S/C29H33NO10/c1-13-9-16-17(12-31)19(38-2)11-20-22(16)23(33)21(13)18(32)6-4-3-5-14-10-15(30)7-8-29(14,37)27-25(35)24(34)26(36)28(39-20)40-27/h7-9,11,14-15,24-28,31,33-37H,5-6,10,12,30H2,1-2H3/t14-,15-,24-,25-,26+,27+,28-,29-/m0/s1. The van der Waals surface area contributed by atoms with Crippen LogP contribution in [0.2, 0.25) is 0 Å². The maximum Gasteiger partial charge on any atom is 0.229 e.